The molecule has 0 aliphatic carbocycles. The Labute approximate surface area is 134 Å². The molecule has 0 saturated heterocycles. The van der Waals surface area contributed by atoms with Crippen molar-refractivity contribution in [1.82, 2.24) is 10.3 Å². The van der Waals surface area contributed by atoms with Gasteiger partial charge in [-0.05, 0) is 18.6 Å². The van der Waals surface area contributed by atoms with Crippen LogP contribution in [0.5, 0.6) is 5.75 Å². The third-order valence-electron chi connectivity index (χ3n) is 3.28. The highest BCUT2D eigenvalue weighted by atomic mass is 32.1. The zero-order chi connectivity index (χ0) is 15.9. The lowest BCUT2D eigenvalue weighted by Crippen LogP contribution is -2.34. The fourth-order valence-electron chi connectivity index (χ4n) is 2.08. The quantitative estimate of drug-likeness (QED) is 0.852. The highest BCUT2D eigenvalue weighted by Crippen LogP contribution is 2.32. The van der Waals surface area contributed by atoms with Crippen LogP contribution in [0.25, 0.3) is 10.6 Å². The third-order valence-corrected chi connectivity index (χ3v) is 4.31. The molecule has 0 unspecified atom stereocenters. The van der Waals surface area contributed by atoms with Crippen LogP contribution in [0.3, 0.4) is 0 Å². The Kier molecular flexibility index (Phi) is 5.91. The van der Waals surface area contributed by atoms with E-state index in [0.717, 1.165) is 21.2 Å². The number of nitrogens with one attached hydrogen (secondary N) is 1. The Morgan fingerprint density at radius 1 is 1.36 bits per heavy atom. The molecule has 6 heteroatoms. The number of carbonyl (C=O) groups is 1. The summed E-state index contributed by atoms with van der Waals surface area (Å²) in [4.78, 5) is 17.3. The molecular weight excluding hydrogens is 300 g/mol. The van der Waals surface area contributed by atoms with E-state index in [9.17, 15) is 4.79 Å². The van der Waals surface area contributed by atoms with E-state index in [1.54, 1.807) is 20.4 Å². The second kappa shape index (κ2) is 7.91. The molecule has 0 aliphatic rings. The fourth-order valence-corrected chi connectivity index (χ4v) is 2.96. The van der Waals surface area contributed by atoms with Crippen LogP contribution in [0, 0.1) is 0 Å². The molecule has 5 nitrogen and oxygen atoms in total. The van der Waals surface area contributed by atoms with E-state index in [-0.39, 0.29) is 5.91 Å². The first-order valence-electron chi connectivity index (χ1n) is 7.08. The Morgan fingerprint density at radius 3 is 2.82 bits per heavy atom. The number of nitrogens with zero attached hydrogens (tertiary/aromatic N) is 1. The van der Waals surface area contributed by atoms with Crippen molar-refractivity contribution >= 4 is 17.2 Å². The molecule has 2 aromatic rings. The smallest absolute Gasteiger partial charge is 0.249 e. The van der Waals surface area contributed by atoms with Crippen molar-refractivity contribution in [2.45, 2.75) is 26.0 Å². The van der Waals surface area contributed by atoms with Gasteiger partial charge in [-0.1, -0.05) is 19.1 Å². The lowest BCUT2D eigenvalue weighted by Gasteiger charge is -2.12. The number of thiazole rings is 1. The summed E-state index contributed by atoms with van der Waals surface area (Å²) in [5.74, 6) is 0.690. The molecule has 1 aromatic carbocycles. The summed E-state index contributed by atoms with van der Waals surface area (Å²) in [7, 11) is 3.18. The van der Waals surface area contributed by atoms with Gasteiger partial charge in [0.15, 0.2) is 0 Å². The van der Waals surface area contributed by atoms with E-state index < -0.39 is 6.10 Å². The van der Waals surface area contributed by atoms with Crippen molar-refractivity contribution in [3.63, 3.8) is 0 Å². The highest BCUT2D eigenvalue weighted by molar-refractivity contribution is 7.15. The van der Waals surface area contributed by atoms with Crippen LogP contribution in [0.2, 0.25) is 0 Å². The topological polar surface area (TPSA) is 60.5 Å². The highest BCUT2D eigenvalue weighted by Gasteiger charge is 2.15. The first-order chi connectivity index (χ1) is 10.7. The standard InChI is InChI=1S/C16H20N2O3S/c1-4-13(20-2)15(19)17-9-11-10-18-16(22-11)12-7-5-6-8-14(12)21-3/h5-8,10,13H,4,9H2,1-3H3,(H,17,19)/t13-/m1/s1. The van der Waals surface area contributed by atoms with E-state index in [4.69, 9.17) is 9.47 Å². The van der Waals surface area contributed by atoms with Crippen LogP contribution in [-0.4, -0.2) is 31.2 Å². The molecule has 0 fully saturated rings. The summed E-state index contributed by atoms with van der Waals surface area (Å²) in [6, 6.07) is 7.75. The summed E-state index contributed by atoms with van der Waals surface area (Å²) in [5, 5.41) is 3.74. The fraction of sp³-hybridized carbons (Fsp3) is 0.375. The van der Waals surface area contributed by atoms with Gasteiger partial charge in [-0.2, -0.15) is 0 Å². The summed E-state index contributed by atoms with van der Waals surface area (Å²) in [6.45, 7) is 2.37. The van der Waals surface area contributed by atoms with Gasteiger partial charge in [-0.15, -0.1) is 11.3 Å². The molecule has 0 spiro atoms. The van der Waals surface area contributed by atoms with Gasteiger partial charge >= 0.3 is 0 Å². The molecule has 1 aromatic heterocycles. The summed E-state index contributed by atoms with van der Waals surface area (Å²) >= 11 is 1.54. The van der Waals surface area contributed by atoms with Gasteiger partial charge in [0, 0.05) is 18.2 Å². The van der Waals surface area contributed by atoms with Gasteiger partial charge in [0.2, 0.25) is 5.91 Å². The Bertz CT molecular complexity index is 623. The van der Waals surface area contributed by atoms with Gasteiger partial charge in [-0.3, -0.25) is 4.79 Å². The molecule has 1 atom stereocenters. The number of rotatable bonds is 7. The number of amides is 1. The van der Waals surface area contributed by atoms with Crippen LogP contribution >= 0.6 is 11.3 Å². The van der Waals surface area contributed by atoms with Crippen molar-refractivity contribution < 1.29 is 14.3 Å². The largest absolute Gasteiger partial charge is 0.496 e. The molecule has 0 aliphatic heterocycles. The molecule has 0 radical (unpaired) electrons. The normalized spacial score (nSPS) is 12.0. The van der Waals surface area contributed by atoms with Crippen molar-refractivity contribution in [3.05, 3.63) is 35.3 Å². The van der Waals surface area contributed by atoms with E-state index in [2.05, 4.69) is 10.3 Å². The van der Waals surface area contributed by atoms with Crippen LogP contribution in [0.1, 0.15) is 18.2 Å². The molecule has 1 heterocycles. The van der Waals surface area contributed by atoms with E-state index >= 15 is 0 Å². The molecule has 2 rings (SSSR count). The van der Waals surface area contributed by atoms with Gasteiger partial charge < -0.3 is 14.8 Å². The number of para-hydroxylation sites is 1. The molecule has 0 bridgehead atoms. The van der Waals surface area contributed by atoms with Crippen LogP contribution in [0.15, 0.2) is 30.5 Å². The van der Waals surface area contributed by atoms with Crippen LogP contribution in [0.4, 0.5) is 0 Å². The number of ether oxygens (including phenoxy) is 2. The zero-order valence-electron chi connectivity index (χ0n) is 13.0. The molecule has 1 amide bonds. The first-order valence-corrected chi connectivity index (χ1v) is 7.89. The number of carbonyl (C=O) groups excluding carboxylic acids is 1. The van der Waals surface area contributed by atoms with Crippen molar-refractivity contribution in [2.75, 3.05) is 14.2 Å². The van der Waals surface area contributed by atoms with Crippen molar-refractivity contribution in [1.29, 1.82) is 0 Å². The summed E-state index contributed by atoms with van der Waals surface area (Å²) in [5.41, 5.74) is 0.955. The maximum Gasteiger partial charge on any atom is 0.249 e. The molecule has 22 heavy (non-hydrogen) atoms. The van der Waals surface area contributed by atoms with E-state index in [0.29, 0.717) is 13.0 Å². The number of methoxy groups -OCH3 is 2. The number of hydrogen-bond donors (Lipinski definition) is 1. The lowest BCUT2D eigenvalue weighted by atomic mass is 10.2. The Hall–Kier alpha value is -1.92. The number of hydrogen-bond acceptors (Lipinski definition) is 5. The first kappa shape index (κ1) is 16.5. The van der Waals surface area contributed by atoms with Crippen molar-refractivity contribution in [2.24, 2.45) is 0 Å². The number of benzene rings is 1. The minimum Gasteiger partial charge on any atom is -0.496 e. The predicted octanol–water partition coefficient (Wildman–Crippen LogP) is 2.86. The minimum absolute atomic E-state index is 0.0998. The van der Waals surface area contributed by atoms with E-state index in [1.165, 1.54) is 11.3 Å². The van der Waals surface area contributed by atoms with Gasteiger partial charge in [-0.25, -0.2) is 4.98 Å². The average molecular weight is 320 g/mol. The molecule has 1 N–H and O–H groups in total. The summed E-state index contributed by atoms with van der Waals surface area (Å²) < 4.78 is 10.5. The van der Waals surface area contributed by atoms with Crippen LogP contribution < -0.4 is 10.1 Å². The Balaban J connectivity index is 2.04. The minimum atomic E-state index is -0.401. The molecule has 118 valence electrons. The maximum atomic E-state index is 11.9. The van der Waals surface area contributed by atoms with Gasteiger partial charge in [0.25, 0.3) is 0 Å². The second-order valence-electron chi connectivity index (χ2n) is 4.68. The molecular formula is C16H20N2O3S. The number of aromatic nitrogens is 1. The maximum absolute atomic E-state index is 11.9. The molecule has 0 saturated carbocycles. The van der Waals surface area contributed by atoms with Crippen molar-refractivity contribution in [3.8, 4) is 16.3 Å². The second-order valence-corrected chi connectivity index (χ2v) is 5.80. The van der Waals surface area contributed by atoms with E-state index in [1.807, 2.05) is 31.2 Å². The van der Waals surface area contributed by atoms with Gasteiger partial charge in [0.05, 0.1) is 19.2 Å². The van der Waals surface area contributed by atoms with Crippen LogP contribution in [-0.2, 0) is 16.1 Å². The monoisotopic (exact) mass is 320 g/mol. The summed E-state index contributed by atoms with van der Waals surface area (Å²) in [6.07, 6.45) is 2.03. The zero-order valence-corrected chi connectivity index (χ0v) is 13.8. The Morgan fingerprint density at radius 2 is 2.14 bits per heavy atom. The SMILES string of the molecule is CC[C@@H](OC)C(=O)NCc1cnc(-c2ccccc2OC)s1. The van der Waals surface area contributed by atoms with Gasteiger partial charge in [0.1, 0.15) is 16.9 Å². The lowest BCUT2D eigenvalue weighted by molar-refractivity contribution is -0.131. The average Bonchev–Trinajstić information content (AvgIpc) is 3.02. The predicted molar refractivity (Wildman–Crippen MR) is 87.0 cm³/mol. The third kappa shape index (κ3) is 3.84.